The second-order valence-electron chi connectivity index (χ2n) is 5.98. The van der Waals surface area contributed by atoms with Gasteiger partial charge in [-0.05, 0) is 31.6 Å². The first kappa shape index (κ1) is 15.1. The maximum atomic E-state index is 12.0. The summed E-state index contributed by atoms with van der Waals surface area (Å²) >= 11 is 0. The van der Waals surface area contributed by atoms with Gasteiger partial charge in [-0.15, -0.1) is 0 Å². The van der Waals surface area contributed by atoms with Crippen molar-refractivity contribution in [3.8, 4) is 0 Å². The normalized spacial score (nSPS) is 25.1. The Bertz CT molecular complexity index is 347. The summed E-state index contributed by atoms with van der Waals surface area (Å²) in [5, 5.41) is 14.7. The minimum absolute atomic E-state index is 0.00690. The van der Waals surface area contributed by atoms with E-state index in [4.69, 9.17) is 9.84 Å². The minimum atomic E-state index is -0.854. The molecule has 2 fully saturated rings. The van der Waals surface area contributed by atoms with E-state index in [1.54, 1.807) is 0 Å². The minimum Gasteiger partial charge on any atom is -0.481 e. The summed E-state index contributed by atoms with van der Waals surface area (Å²) < 4.78 is 5.37. The number of carboxylic acids is 1. The van der Waals surface area contributed by atoms with Crippen LogP contribution in [0.4, 0.5) is 4.79 Å². The fraction of sp³-hybridized carbons (Fsp3) is 0.857. The summed E-state index contributed by atoms with van der Waals surface area (Å²) in [6.07, 6.45) is 5.57. The van der Waals surface area contributed by atoms with Crippen LogP contribution in [0.3, 0.4) is 0 Å². The van der Waals surface area contributed by atoms with E-state index in [2.05, 4.69) is 10.6 Å². The topological polar surface area (TPSA) is 87.7 Å². The predicted octanol–water partition coefficient (Wildman–Crippen LogP) is 1.50. The molecule has 0 bridgehead atoms. The van der Waals surface area contributed by atoms with Crippen LogP contribution < -0.4 is 10.6 Å². The Labute approximate surface area is 119 Å². The molecule has 2 amide bonds. The number of aliphatic carboxylic acids is 1. The average Bonchev–Trinajstić information content (AvgIpc) is 2.85. The monoisotopic (exact) mass is 284 g/mol. The molecule has 1 unspecified atom stereocenters. The highest BCUT2D eigenvalue weighted by Gasteiger charge is 2.37. The predicted molar refractivity (Wildman–Crippen MR) is 73.5 cm³/mol. The summed E-state index contributed by atoms with van der Waals surface area (Å²) in [6, 6.07) is -0.251. The summed E-state index contributed by atoms with van der Waals surface area (Å²) in [5.74, 6) is -0.485. The molecule has 1 saturated carbocycles. The zero-order chi connectivity index (χ0) is 14.4. The molecule has 1 aliphatic heterocycles. The van der Waals surface area contributed by atoms with E-state index in [9.17, 15) is 9.59 Å². The van der Waals surface area contributed by atoms with Crippen molar-refractivity contribution in [2.45, 2.75) is 50.5 Å². The van der Waals surface area contributed by atoms with Gasteiger partial charge in [0.2, 0.25) is 0 Å². The van der Waals surface area contributed by atoms with Gasteiger partial charge in [0, 0.05) is 13.2 Å². The van der Waals surface area contributed by atoms with Crippen LogP contribution in [-0.4, -0.2) is 42.4 Å². The van der Waals surface area contributed by atoms with E-state index in [0.29, 0.717) is 19.1 Å². The van der Waals surface area contributed by atoms with Crippen LogP contribution in [0, 0.1) is 5.92 Å². The molecule has 6 heteroatoms. The Kier molecular flexibility index (Phi) is 5.23. The van der Waals surface area contributed by atoms with Gasteiger partial charge in [0.25, 0.3) is 0 Å². The van der Waals surface area contributed by atoms with Crippen LogP contribution in [-0.2, 0) is 9.53 Å². The standard InChI is InChI=1S/C14H24N2O4/c17-12(18)8-14(5-1-2-6-14)16-13(19)15-9-11-4-3-7-20-10-11/h11H,1-10H2,(H,17,18)(H2,15,16,19). The molecule has 3 N–H and O–H groups in total. The lowest BCUT2D eigenvalue weighted by atomic mass is 9.93. The van der Waals surface area contributed by atoms with E-state index in [1.165, 1.54) is 0 Å². The van der Waals surface area contributed by atoms with E-state index in [1.807, 2.05) is 0 Å². The maximum Gasteiger partial charge on any atom is 0.315 e. The largest absolute Gasteiger partial charge is 0.481 e. The van der Waals surface area contributed by atoms with Crippen molar-refractivity contribution in [3.05, 3.63) is 0 Å². The number of rotatable bonds is 5. The van der Waals surface area contributed by atoms with Gasteiger partial charge in [-0.2, -0.15) is 0 Å². The molecule has 0 radical (unpaired) electrons. The Hall–Kier alpha value is -1.30. The fourth-order valence-corrected chi connectivity index (χ4v) is 3.18. The number of hydrogen-bond acceptors (Lipinski definition) is 3. The van der Waals surface area contributed by atoms with Crippen LogP contribution in [0.25, 0.3) is 0 Å². The number of carbonyl (C=O) groups is 2. The van der Waals surface area contributed by atoms with E-state index < -0.39 is 11.5 Å². The zero-order valence-corrected chi connectivity index (χ0v) is 11.8. The number of amides is 2. The van der Waals surface area contributed by atoms with Crippen LogP contribution in [0.5, 0.6) is 0 Å². The summed E-state index contributed by atoms with van der Waals surface area (Å²) in [5.41, 5.74) is -0.557. The van der Waals surface area contributed by atoms with Crippen LogP contribution in [0.15, 0.2) is 0 Å². The summed E-state index contributed by atoms with van der Waals surface area (Å²) in [4.78, 5) is 22.9. The van der Waals surface area contributed by atoms with Crippen molar-refractivity contribution >= 4 is 12.0 Å². The number of carbonyl (C=O) groups excluding carboxylic acids is 1. The Morgan fingerprint density at radius 2 is 2.00 bits per heavy atom. The van der Waals surface area contributed by atoms with Crippen molar-refractivity contribution < 1.29 is 19.4 Å². The van der Waals surface area contributed by atoms with Gasteiger partial charge in [0.1, 0.15) is 0 Å². The lowest BCUT2D eigenvalue weighted by Gasteiger charge is -2.29. The zero-order valence-electron chi connectivity index (χ0n) is 11.8. The number of carboxylic acid groups (broad SMARTS) is 1. The molecule has 2 rings (SSSR count). The van der Waals surface area contributed by atoms with Gasteiger partial charge in [-0.1, -0.05) is 12.8 Å². The summed E-state index contributed by atoms with van der Waals surface area (Å²) in [6.45, 7) is 2.10. The first-order valence-corrected chi connectivity index (χ1v) is 7.45. The third-order valence-corrected chi connectivity index (χ3v) is 4.23. The first-order valence-electron chi connectivity index (χ1n) is 7.45. The maximum absolute atomic E-state index is 12.0. The molecular weight excluding hydrogens is 260 g/mol. The highest BCUT2D eigenvalue weighted by Crippen LogP contribution is 2.32. The average molecular weight is 284 g/mol. The smallest absolute Gasteiger partial charge is 0.315 e. The number of nitrogens with one attached hydrogen (secondary N) is 2. The van der Waals surface area contributed by atoms with Gasteiger partial charge < -0.3 is 20.5 Å². The molecule has 114 valence electrons. The Morgan fingerprint density at radius 1 is 1.25 bits per heavy atom. The molecule has 0 aromatic heterocycles. The number of urea groups is 1. The molecular formula is C14H24N2O4. The van der Waals surface area contributed by atoms with E-state index in [-0.39, 0.29) is 12.5 Å². The van der Waals surface area contributed by atoms with E-state index in [0.717, 1.165) is 45.1 Å². The molecule has 1 saturated heterocycles. The van der Waals surface area contributed by atoms with E-state index >= 15 is 0 Å². The van der Waals surface area contributed by atoms with Crippen molar-refractivity contribution in [2.75, 3.05) is 19.8 Å². The molecule has 20 heavy (non-hydrogen) atoms. The fourth-order valence-electron chi connectivity index (χ4n) is 3.18. The van der Waals surface area contributed by atoms with Crippen molar-refractivity contribution in [2.24, 2.45) is 5.92 Å². The molecule has 2 aliphatic rings. The molecule has 0 spiro atoms. The molecule has 1 aliphatic carbocycles. The molecule has 1 atom stereocenters. The third-order valence-electron chi connectivity index (χ3n) is 4.23. The molecule has 6 nitrogen and oxygen atoms in total. The highest BCUT2D eigenvalue weighted by atomic mass is 16.5. The van der Waals surface area contributed by atoms with Crippen molar-refractivity contribution in [1.82, 2.24) is 10.6 Å². The lowest BCUT2D eigenvalue weighted by Crippen LogP contribution is -2.52. The van der Waals surface area contributed by atoms with Crippen molar-refractivity contribution in [1.29, 1.82) is 0 Å². The second-order valence-corrected chi connectivity index (χ2v) is 5.98. The van der Waals surface area contributed by atoms with Crippen LogP contribution >= 0.6 is 0 Å². The lowest BCUT2D eigenvalue weighted by molar-refractivity contribution is -0.138. The molecule has 0 aromatic rings. The van der Waals surface area contributed by atoms with Gasteiger partial charge in [0.05, 0.1) is 18.6 Å². The van der Waals surface area contributed by atoms with Crippen LogP contribution in [0.2, 0.25) is 0 Å². The van der Waals surface area contributed by atoms with Gasteiger partial charge in [-0.25, -0.2) is 4.79 Å². The van der Waals surface area contributed by atoms with Crippen molar-refractivity contribution in [3.63, 3.8) is 0 Å². The first-order chi connectivity index (χ1) is 9.60. The van der Waals surface area contributed by atoms with Gasteiger partial charge in [-0.3, -0.25) is 4.79 Å². The Balaban J connectivity index is 1.77. The molecule has 0 aromatic carbocycles. The third kappa shape index (κ3) is 4.37. The quantitative estimate of drug-likeness (QED) is 0.714. The Morgan fingerprint density at radius 3 is 2.60 bits per heavy atom. The van der Waals surface area contributed by atoms with Gasteiger partial charge >= 0.3 is 12.0 Å². The second kappa shape index (κ2) is 6.92. The van der Waals surface area contributed by atoms with Gasteiger partial charge in [0.15, 0.2) is 0 Å². The number of hydrogen-bond donors (Lipinski definition) is 3. The highest BCUT2D eigenvalue weighted by molar-refractivity contribution is 5.76. The molecule has 1 heterocycles. The number of ether oxygens (including phenoxy) is 1. The summed E-state index contributed by atoms with van der Waals surface area (Å²) in [7, 11) is 0. The SMILES string of the molecule is O=C(O)CC1(NC(=O)NCC2CCCOC2)CCCC1. The van der Waals surface area contributed by atoms with Crippen LogP contribution in [0.1, 0.15) is 44.9 Å².